The van der Waals surface area contributed by atoms with Crippen molar-refractivity contribution < 1.29 is 0 Å². The Bertz CT molecular complexity index is 395. The van der Waals surface area contributed by atoms with Crippen molar-refractivity contribution in [2.24, 2.45) is 0 Å². The van der Waals surface area contributed by atoms with E-state index in [9.17, 15) is 0 Å². The maximum Gasteiger partial charge on any atom is 0.155 e. The highest BCUT2D eigenvalue weighted by molar-refractivity contribution is 6.30. The molecule has 0 bridgehead atoms. The Kier molecular flexibility index (Phi) is 1.19. The third-order valence-corrected chi connectivity index (χ3v) is 1.49. The molecule has 6 heteroatoms. The number of nitrogens with one attached hydrogen (secondary N) is 1. The second-order valence-electron chi connectivity index (χ2n) is 2.02. The molecular weight excluding hydrogens is 166 g/mol. The van der Waals surface area contributed by atoms with Crippen LogP contribution in [0.4, 0.5) is 5.82 Å². The lowest BCUT2D eigenvalue weighted by atomic mass is 10.4. The Hall–Kier alpha value is -1.36. The molecule has 2 aromatic heterocycles. The Balaban J connectivity index is 2.91. The molecule has 0 saturated carbocycles. The van der Waals surface area contributed by atoms with E-state index in [1.54, 1.807) is 6.07 Å². The molecule has 0 aliphatic rings. The summed E-state index contributed by atoms with van der Waals surface area (Å²) < 4.78 is 0. The zero-order valence-corrected chi connectivity index (χ0v) is 6.13. The number of pyridine rings is 1. The van der Waals surface area contributed by atoms with Gasteiger partial charge >= 0.3 is 0 Å². The number of rotatable bonds is 0. The van der Waals surface area contributed by atoms with E-state index in [2.05, 4.69) is 20.4 Å². The lowest BCUT2D eigenvalue weighted by Gasteiger charge is -1.91. The minimum atomic E-state index is 0.293. The van der Waals surface area contributed by atoms with Crippen LogP contribution in [0.5, 0.6) is 0 Å². The highest BCUT2D eigenvalue weighted by Gasteiger charge is 2.04. The van der Waals surface area contributed by atoms with E-state index in [1.807, 2.05) is 0 Å². The van der Waals surface area contributed by atoms with Crippen LogP contribution in [0.3, 0.4) is 0 Å². The van der Waals surface area contributed by atoms with Gasteiger partial charge in [-0.25, -0.2) is 4.98 Å². The summed E-state index contributed by atoms with van der Waals surface area (Å²) >= 11 is 5.61. The van der Waals surface area contributed by atoms with E-state index in [0.717, 1.165) is 0 Å². The summed E-state index contributed by atoms with van der Waals surface area (Å²) in [4.78, 5) is 3.79. The molecule has 0 amide bonds. The van der Waals surface area contributed by atoms with Gasteiger partial charge in [0.05, 0.1) is 0 Å². The summed E-state index contributed by atoms with van der Waals surface area (Å²) in [6.07, 6.45) is 0. The summed E-state index contributed by atoms with van der Waals surface area (Å²) in [5, 5.41) is 10.3. The van der Waals surface area contributed by atoms with Crippen LogP contribution in [-0.2, 0) is 0 Å². The minimum Gasteiger partial charge on any atom is -0.382 e. The lowest BCUT2D eigenvalue weighted by molar-refractivity contribution is 0.959. The van der Waals surface area contributed by atoms with E-state index in [4.69, 9.17) is 17.3 Å². The van der Waals surface area contributed by atoms with Crippen molar-refractivity contribution >= 4 is 28.5 Å². The molecule has 56 valence electrons. The van der Waals surface area contributed by atoms with Gasteiger partial charge < -0.3 is 5.73 Å². The molecule has 0 aliphatic carbocycles. The second-order valence-corrected chi connectivity index (χ2v) is 2.41. The van der Waals surface area contributed by atoms with Gasteiger partial charge in [-0.15, -0.1) is 0 Å². The number of aromatic nitrogens is 4. The van der Waals surface area contributed by atoms with Crippen LogP contribution in [0.2, 0.25) is 5.15 Å². The van der Waals surface area contributed by atoms with Crippen LogP contribution in [0.15, 0.2) is 6.07 Å². The number of hydrogen-bond acceptors (Lipinski definition) is 4. The number of nitrogens with zero attached hydrogens (tertiary/aromatic N) is 3. The summed E-state index contributed by atoms with van der Waals surface area (Å²) in [7, 11) is 0. The average molecular weight is 170 g/mol. The van der Waals surface area contributed by atoms with Crippen molar-refractivity contribution in [1.29, 1.82) is 0 Å². The summed E-state index contributed by atoms with van der Waals surface area (Å²) in [6.45, 7) is 0. The predicted octanol–water partition coefficient (Wildman–Crippen LogP) is 0.588. The molecule has 0 atom stereocenters. The molecule has 11 heavy (non-hydrogen) atoms. The summed E-state index contributed by atoms with van der Waals surface area (Å²) in [6, 6.07) is 1.59. The monoisotopic (exact) mass is 169 g/mol. The highest BCUT2D eigenvalue weighted by atomic mass is 35.5. The maximum absolute atomic E-state index is 5.61. The second kappa shape index (κ2) is 2.06. The Labute approximate surface area is 66.6 Å². The molecule has 0 unspecified atom stereocenters. The molecule has 2 heterocycles. The lowest BCUT2D eigenvalue weighted by Crippen LogP contribution is -1.91. The number of nitrogens with two attached hydrogens (primary N) is 1. The van der Waals surface area contributed by atoms with Crippen LogP contribution < -0.4 is 5.73 Å². The molecule has 0 saturated heterocycles. The van der Waals surface area contributed by atoms with E-state index in [1.165, 1.54) is 0 Å². The maximum atomic E-state index is 5.61. The number of hydrogen-bond donors (Lipinski definition) is 2. The van der Waals surface area contributed by atoms with Crippen molar-refractivity contribution in [1.82, 2.24) is 20.4 Å². The van der Waals surface area contributed by atoms with Crippen molar-refractivity contribution in [2.45, 2.75) is 0 Å². The fourth-order valence-corrected chi connectivity index (χ4v) is 1.04. The number of nitrogen functional groups attached to an aromatic ring is 1. The smallest absolute Gasteiger partial charge is 0.155 e. The van der Waals surface area contributed by atoms with Gasteiger partial charge in [0.25, 0.3) is 0 Å². The largest absolute Gasteiger partial charge is 0.382 e. The third kappa shape index (κ3) is 0.894. The van der Waals surface area contributed by atoms with Crippen molar-refractivity contribution in [3.05, 3.63) is 11.2 Å². The molecule has 0 aliphatic heterocycles. The molecule has 0 spiro atoms. The Morgan fingerprint density at radius 2 is 2.27 bits per heavy atom. The van der Waals surface area contributed by atoms with Crippen LogP contribution in [0.25, 0.3) is 11.0 Å². The normalized spacial score (nSPS) is 10.6. The van der Waals surface area contributed by atoms with Gasteiger partial charge in [-0.3, -0.25) is 0 Å². The third-order valence-electron chi connectivity index (χ3n) is 1.30. The number of halogens is 1. The zero-order chi connectivity index (χ0) is 7.84. The van der Waals surface area contributed by atoms with Gasteiger partial charge in [0.1, 0.15) is 10.7 Å². The van der Waals surface area contributed by atoms with E-state index >= 15 is 0 Å². The van der Waals surface area contributed by atoms with Crippen molar-refractivity contribution in [2.75, 3.05) is 5.73 Å². The van der Waals surface area contributed by atoms with E-state index in [-0.39, 0.29) is 0 Å². The fraction of sp³-hybridized carbons (Fsp3) is 0. The molecular formula is C5H4ClN5. The van der Waals surface area contributed by atoms with E-state index in [0.29, 0.717) is 22.0 Å². The standard InChI is InChI=1S/C5H4ClN5/c6-3-1-2-4(5(7)8-3)10-11-9-2/h1H,(H2,7,8)(H,9,10,11). The SMILES string of the molecule is Nc1nc(Cl)cc2n[nH]nc12. The van der Waals surface area contributed by atoms with Gasteiger partial charge in [0, 0.05) is 6.07 Å². The summed E-state index contributed by atoms with van der Waals surface area (Å²) in [5.74, 6) is 0.293. The Morgan fingerprint density at radius 3 is 3.09 bits per heavy atom. The molecule has 0 fully saturated rings. The van der Waals surface area contributed by atoms with Crippen molar-refractivity contribution in [3.8, 4) is 0 Å². The van der Waals surface area contributed by atoms with Crippen LogP contribution in [0, 0.1) is 0 Å². The predicted molar refractivity (Wildman–Crippen MR) is 41.1 cm³/mol. The number of fused-ring (bicyclic) bond motifs is 1. The van der Waals surface area contributed by atoms with Crippen LogP contribution >= 0.6 is 11.6 Å². The number of aromatic amines is 1. The van der Waals surface area contributed by atoms with Gasteiger partial charge in [-0.2, -0.15) is 15.4 Å². The fourth-order valence-electron chi connectivity index (χ4n) is 0.841. The van der Waals surface area contributed by atoms with Gasteiger partial charge in [-0.05, 0) is 0 Å². The molecule has 3 N–H and O–H groups in total. The first kappa shape index (κ1) is 6.36. The first-order valence-corrected chi connectivity index (χ1v) is 3.27. The number of anilines is 1. The molecule has 2 rings (SSSR count). The number of H-pyrrole nitrogens is 1. The summed E-state index contributed by atoms with van der Waals surface area (Å²) in [5.41, 5.74) is 6.66. The molecule has 5 nitrogen and oxygen atoms in total. The first-order valence-electron chi connectivity index (χ1n) is 2.90. The van der Waals surface area contributed by atoms with Gasteiger partial charge in [0.2, 0.25) is 0 Å². The molecule has 0 aromatic carbocycles. The van der Waals surface area contributed by atoms with E-state index < -0.39 is 0 Å². The van der Waals surface area contributed by atoms with Crippen LogP contribution in [-0.4, -0.2) is 20.4 Å². The zero-order valence-electron chi connectivity index (χ0n) is 5.37. The minimum absolute atomic E-state index is 0.293. The highest BCUT2D eigenvalue weighted by Crippen LogP contribution is 2.17. The van der Waals surface area contributed by atoms with Gasteiger partial charge in [-0.1, -0.05) is 11.6 Å². The Morgan fingerprint density at radius 1 is 1.45 bits per heavy atom. The molecule has 0 radical (unpaired) electrons. The quantitative estimate of drug-likeness (QED) is 0.566. The van der Waals surface area contributed by atoms with Crippen molar-refractivity contribution in [3.63, 3.8) is 0 Å². The van der Waals surface area contributed by atoms with Gasteiger partial charge in [0.15, 0.2) is 11.3 Å². The molecule has 2 aromatic rings. The average Bonchev–Trinajstić information content (AvgIpc) is 2.34. The first-order chi connectivity index (χ1) is 5.27. The van der Waals surface area contributed by atoms with Crippen LogP contribution in [0.1, 0.15) is 0 Å². The topological polar surface area (TPSA) is 80.5 Å².